The van der Waals surface area contributed by atoms with Crippen molar-refractivity contribution in [1.82, 2.24) is 0 Å². The van der Waals surface area contributed by atoms with Crippen LogP contribution < -0.4 is 5.06 Å². The Balaban J connectivity index is 2.05. The Labute approximate surface area is 129 Å². The van der Waals surface area contributed by atoms with Gasteiger partial charge in [-0.1, -0.05) is 48.0 Å². The second-order valence-electron chi connectivity index (χ2n) is 5.28. The van der Waals surface area contributed by atoms with Crippen LogP contribution in [0, 0.1) is 5.92 Å². The highest BCUT2D eigenvalue weighted by Crippen LogP contribution is 2.43. The zero-order valence-corrected chi connectivity index (χ0v) is 12.6. The van der Waals surface area contributed by atoms with E-state index in [1.54, 1.807) is 0 Å². The Bertz CT molecular complexity index is 605. The van der Waals surface area contributed by atoms with Gasteiger partial charge in [-0.2, -0.15) is 0 Å². The molecule has 3 rings (SSSR count). The molecule has 0 amide bonds. The standard InChI is InChI=1S/C17H18ClNO2/c1-12-15(11-20)17(14-9-5-6-10-16(14)18)19(21-12)13-7-3-2-4-8-13/h2-10,12,15,17,20H,11H2,1H3/t12-,15-,17+/m1/s1. The van der Waals surface area contributed by atoms with Crippen molar-refractivity contribution in [1.29, 1.82) is 0 Å². The number of halogens is 1. The maximum atomic E-state index is 9.77. The van der Waals surface area contributed by atoms with Gasteiger partial charge in [0.05, 0.1) is 24.4 Å². The molecule has 3 atom stereocenters. The predicted octanol–water partition coefficient (Wildman–Crippen LogP) is 3.83. The number of para-hydroxylation sites is 1. The Morgan fingerprint density at radius 1 is 1.10 bits per heavy atom. The van der Waals surface area contributed by atoms with E-state index < -0.39 is 0 Å². The van der Waals surface area contributed by atoms with E-state index in [-0.39, 0.29) is 24.7 Å². The minimum Gasteiger partial charge on any atom is -0.396 e. The van der Waals surface area contributed by atoms with Gasteiger partial charge in [0.15, 0.2) is 0 Å². The van der Waals surface area contributed by atoms with E-state index in [9.17, 15) is 5.11 Å². The van der Waals surface area contributed by atoms with Gasteiger partial charge in [-0.25, -0.2) is 5.06 Å². The van der Waals surface area contributed by atoms with Gasteiger partial charge >= 0.3 is 0 Å². The molecule has 2 aromatic rings. The molecule has 4 heteroatoms. The first-order valence-electron chi connectivity index (χ1n) is 7.08. The number of aliphatic hydroxyl groups is 1. The fourth-order valence-electron chi connectivity index (χ4n) is 2.87. The third-order valence-corrected chi connectivity index (χ3v) is 4.33. The van der Waals surface area contributed by atoms with E-state index in [0.29, 0.717) is 5.02 Å². The predicted molar refractivity (Wildman–Crippen MR) is 84.2 cm³/mol. The molecule has 1 N–H and O–H groups in total. The minimum atomic E-state index is -0.0962. The molecule has 1 aliphatic heterocycles. The lowest BCUT2D eigenvalue weighted by atomic mass is 9.90. The molecule has 0 aliphatic carbocycles. The number of hydrogen-bond acceptors (Lipinski definition) is 3. The zero-order chi connectivity index (χ0) is 14.8. The minimum absolute atomic E-state index is 0.0230. The second-order valence-corrected chi connectivity index (χ2v) is 5.69. The summed E-state index contributed by atoms with van der Waals surface area (Å²) >= 11 is 6.36. The average Bonchev–Trinajstić information content (AvgIpc) is 2.85. The molecule has 0 spiro atoms. The molecule has 1 saturated heterocycles. The third-order valence-electron chi connectivity index (χ3n) is 3.99. The summed E-state index contributed by atoms with van der Waals surface area (Å²) < 4.78 is 0. The van der Waals surface area contributed by atoms with Gasteiger partial charge in [0, 0.05) is 10.9 Å². The van der Waals surface area contributed by atoms with E-state index in [0.717, 1.165) is 11.3 Å². The lowest BCUT2D eigenvalue weighted by molar-refractivity contribution is 0.0695. The first kappa shape index (κ1) is 14.4. The highest BCUT2D eigenvalue weighted by Gasteiger charge is 2.42. The van der Waals surface area contributed by atoms with E-state index in [2.05, 4.69) is 0 Å². The lowest BCUT2D eigenvalue weighted by Crippen LogP contribution is -2.26. The normalized spacial score (nSPS) is 25.3. The molecular weight excluding hydrogens is 286 g/mol. The van der Waals surface area contributed by atoms with Crippen molar-refractivity contribution in [2.75, 3.05) is 11.7 Å². The van der Waals surface area contributed by atoms with Gasteiger partial charge in [-0.05, 0) is 30.7 Å². The largest absolute Gasteiger partial charge is 0.396 e. The molecule has 1 heterocycles. The van der Waals surface area contributed by atoms with Crippen molar-refractivity contribution in [3.63, 3.8) is 0 Å². The number of hydroxylamine groups is 1. The second kappa shape index (κ2) is 6.06. The fourth-order valence-corrected chi connectivity index (χ4v) is 3.12. The van der Waals surface area contributed by atoms with Crippen LogP contribution in [0.25, 0.3) is 0 Å². The maximum absolute atomic E-state index is 9.77. The summed E-state index contributed by atoms with van der Waals surface area (Å²) in [5, 5.41) is 12.3. The van der Waals surface area contributed by atoms with Crippen LogP contribution in [-0.2, 0) is 4.84 Å². The Morgan fingerprint density at radius 3 is 2.43 bits per heavy atom. The maximum Gasteiger partial charge on any atom is 0.0905 e. The number of anilines is 1. The number of hydrogen-bond donors (Lipinski definition) is 1. The van der Waals surface area contributed by atoms with E-state index in [1.165, 1.54) is 0 Å². The fraction of sp³-hybridized carbons (Fsp3) is 0.294. The van der Waals surface area contributed by atoms with Crippen molar-refractivity contribution in [2.24, 2.45) is 5.92 Å². The van der Waals surface area contributed by atoms with Crippen LogP contribution in [-0.4, -0.2) is 17.8 Å². The summed E-state index contributed by atoms with van der Waals surface area (Å²) in [6, 6.07) is 17.5. The molecule has 110 valence electrons. The monoisotopic (exact) mass is 303 g/mol. The Morgan fingerprint density at radius 2 is 1.76 bits per heavy atom. The molecular formula is C17H18ClNO2. The summed E-state index contributed by atoms with van der Waals surface area (Å²) in [6.45, 7) is 2.04. The molecule has 0 aromatic heterocycles. The van der Waals surface area contributed by atoms with Crippen LogP contribution >= 0.6 is 11.6 Å². The highest BCUT2D eigenvalue weighted by molar-refractivity contribution is 6.31. The van der Waals surface area contributed by atoms with Crippen molar-refractivity contribution in [3.8, 4) is 0 Å². The summed E-state index contributed by atoms with van der Waals surface area (Å²) in [6.07, 6.45) is -0.0727. The summed E-state index contributed by atoms with van der Waals surface area (Å²) in [4.78, 5) is 5.99. The summed E-state index contributed by atoms with van der Waals surface area (Å²) in [5.41, 5.74) is 1.94. The van der Waals surface area contributed by atoms with Gasteiger partial charge in [-0.15, -0.1) is 0 Å². The smallest absolute Gasteiger partial charge is 0.0905 e. The molecule has 0 saturated carbocycles. The molecule has 3 nitrogen and oxygen atoms in total. The number of nitrogens with zero attached hydrogens (tertiary/aromatic N) is 1. The van der Waals surface area contributed by atoms with Crippen LogP contribution in [0.4, 0.5) is 5.69 Å². The molecule has 0 unspecified atom stereocenters. The highest BCUT2D eigenvalue weighted by atomic mass is 35.5. The van der Waals surface area contributed by atoms with Gasteiger partial charge < -0.3 is 5.11 Å². The lowest BCUT2D eigenvalue weighted by Gasteiger charge is -2.27. The van der Waals surface area contributed by atoms with E-state index in [4.69, 9.17) is 16.4 Å². The molecule has 2 aromatic carbocycles. The SMILES string of the molecule is C[C@H]1ON(c2ccccc2)[C@@H](c2ccccc2Cl)[C@@H]1CO. The quantitative estimate of drug-likeness (QED) is 0.935. The van der Waals surface area contributed by atoms with Gasteiger partial charge in [0.25, 0.3) is 0 Å². The summed E-state index contributed by atoms with van der Waals surface area (Å²) in [7, 11) is 0. The van der Waals surface area contributed by atoms with Crippen molar-refractivity contribution < 1.29 is 9.94 Å². The van der Waals surface area contributed by atoms with Crippen LogP contribution in [0.2, 0.25) is 5.02 Å². The Hall–Kier alpha value is -1.55. The topological polar surface area (TPSA) is 32.7 Å². The first-order valence-corrected chi connectivity index (χ1v) is 7.46. The van der Waals surface area contributed by atoms with Crippen molar-refractivity contribution >= 4 is 17.3 Å². The van der Waals surface area contributed by atoms with Crippen molar-refractivity contribution in [3.05, 3.63) is 65.2 Å². The molecule has 1 aliphatic rings. The average molecular weight is 304 g/mol. The number of aliphatic hydroxyl groups excluding tert-OH is 1. The van der Waals surface area contributed by atoms with Crippen LogP contribution in [0.15, 0.2) is 54.6 Å². The molecule has 0 bridgehead atoms. The zero-order valence-electron chi connectivity index (χ0n) is 11.8. The van der Waals surface area contributed by atoms with Crippen LogP contribution in [0.3, 0.4) is 0 Å². The van der Waals surface area contributed by atoms with Gasteiger partial charge in [0.1, 0.15) is 0 Å². The Kier molecular flexibility index (Phi) is 4.15. The van der Waals surface area contributed by atoms with Crippen LogP contribution in [0.5, 0.6) is 0 Å². The van der Waals surface area contributed by atoms with Gasteiger partial charge in [-0.3, -0.25) is 4.84 Å². The van der Waals surface area contributed by atoms with Crippen molar-refractivity contribution in [2.45, 2.75) is 19.1 Å². The van der Waals surface area contributed by atoms with E-state index in [1.807, 2.05) is 66.6 Å². The molecule has 0 radical (unpaired) electrons. The molecule has 21 heavy (non-hydrogen) atoms. The number of rotatable bonds is 3. The van der Waals surface area contributed by atoms with Crippen LogP contribution in [0.1, 0.15) is 18.5 Å². The van der Waals surface area contributed by atoms with E-state index >= 15 is 0 Å². The number of benzene rings is 2. The molecule has 1 fully saturated rings. The summed E-state index contributed by atoms with van der Waals surface area (Å²) in [5.74, 6) is -0.0230. The van der Waals surface area contributed by atoms with Gasteiger partial charge in [0.2, 0.25) is 0 Å². The third kappa shape index (κ3) is 2.64. The first-order chi connectivity index (χ1) is 10.2.